The van der Waals surface area contributed by atoms with Crippen molar-refractivity contribution in [1.82, 2.24) is 10.2 Å². The van der Waals surface area contributed by atoms with E-state index >= 15 is 0 Å². The molecule has 2 aromatic rings. The van der Waals surface area contributed by atoms with E-state index in [-0.39, 0.29) is 0 Å². The zero-order valence-corrected chi connectivity index (χ0v) is 12.8. The molecule has 0 amide bonds. The fourth-order valence-corrected chi connectivity index (χ4v) is 3.25. The minimum atomic E-state index is 0.686. The molecular formula is C19H24N2. The third kappa shape index (κ3) is 3.72. The Hall–Kier alpha value is -1.64. The van der Waals surface area contributed by atoms with Crippen molar-refractivity contribution in [3.05, 3.63) is 71.3 Å². The monoisotopic (exact) mass is 280 g/mol. The molecule has 1 aliphatic rings. The lowest BCUT2D eigenvalue weighted by atomic mass is 9.96. The molecule has 2 heteroatoms. The van der Waals surface area contributed by atoms with Gasteiger partial charge in [-0.3, -0.25) is 4.90 Å². The first-order valence-electron chi connectivity index (χ1n) is 7.85. The smallest absolute Gasteiger partial charge is 0.0233 e. The molecule has 0 aromatic heterocycles. The second-order valence-electron chi connectivity index (χ2n) is 5.98. The highest BCUT2D eigenvalue weighted by molar-refractivity contribution is 5.27. The lowest BCUT2D eigenvalue weighted by Crippen LogP contribution is -2.19. The van der Waals surface area contributed by atoms with Crippen molar-refractivity contribution in [2.24, 2.45) is 0 Å². The van der Waals surface area contributed by atoms with Crippen molar-refractivity contribution < 1.29 is 0 Å². The number of rotatable bonds is 5. The maximum Gasteiger partial charge on any atom is 0.0233 e. The van der Waals surface area contributed by atoms with Crippen LogP contribution in [0.5, 0.6) is 0 Å². The Labute approximate surface area is 127 Å². The molecule has 1 aliphatic heterocycles. The van der Waals surface area contributed by atoms with Gasteiger partial charge in [-0.2, -0.15) is 0 Å². The van der Waals surface area contributed by atoms with Crippen molar-refractivity contribution in [3.8, 4) is 0 Å². The molecule has 0 radical (unpaired) electrons. The van der Waals surface area contributed by atoms with Gasteiger partial charge in [-0.05, 0) is 42.6 Å². The normalized spacial score (nSPS) is 19.0. The molecule has 2 aromatic carbocycles. The molecule has 1 atom stereocenters. The molecule has 2 nitrogen and oxygen atoms in total. The van der Waals surface area contributed by atoms with Crippen molar-refractivity contribution >= 4 is 0 Å². The van der Waals surface area contributed by atoms with Gasteiger partial charge in [0.05, 0.1) is 0 Å². The van der Waals surface area contributed by atoms with Crippen molar-refractivity contribution in [2.75, 3.05) is 20.1 Å². The van der Waals surface area contributed by atoms with Crippen LogP contribution < -0.4 is 5.32 Å². The van der Waals surface area contributed by atoms with E-state index in [1.54, 1.807) is 0 Å². The molecule has 0 saturated carbocycles. The summed E-state index contributed by atoms with van der Waals surface area (Å²) in [6, 6.07) is 19.8. The Morgan fingerprint density at radius 3 is 2.67 bits per heavy atom. The summed E-state index contributed by atoms with van der Waals surface area (Å²) in [5, 5.41) is 3.23. The van der Waals surface area contributed by atoms with Crippen LogP contribution in [0.1, 0.15) is 29.0 Å². The predicted octanol–water partition coefficient (Wildman–Crippen LogP) is 3.40. The quantitative estimate of drug-likeness (QED) is 0.903. The fourth-order valence-electron chi connectivity index (χ4n) is 3.25. The zero-order chi connectivity index (χ0) is 14.5. The average Bonchev–Trinajstić information content (AvgIpc) is 2.97. The van der Waals surface area contributed by atoms with E-state index in [9.17, 15) is 0 Å². The minimum Gasteiger partial charge on any atom is -0.316 e. The lowest BCUT2D eigenvalue weighted by Gasteiger charge is -2.16. The van der Waals surface area contributed by atoms with E-state index in [0.29, 0.717) is 5.92 Å². The Balaban J connectivity index is 1.63. The SMILES string of the molecule is CNCc1cccc(C2CCN(Cc3ccccc3)C2)c1. The Morgan fingerprint density at radius 2 is 1.86 bits per heavy atom. The Kier molecular flexibility index (Phi) is 4.69. The standard InChI is InChI=1S/C19H24N2/c1-20-13-17-8-5-9-18(12-17)19-10-11-21(15-19)14-16-6-3-2-4-7-16/h2-9,12,19-20H,10-11,13-15H2,1H3. The molecule has 21 heavy (non-hydrogen) atoms. The molecule has 0 aliphatic carbocycles. The second-order valence-corrected chi connectivity index (χ2v) is 5.98. The molecule has 1 fully saturated rings. The first kappa shape index (κ1) is 14.3. The molecular weight excluding hydrogens is 256 g/mol. The molecule has 110 valence electrons. The van der Waals surface area contributed by atoms with Crippen molar-refractivity contribution in [3.63, 3.8) is 0 Å². The summed E-state index contributed by atoms with van der Waals surface area (Å²) in [7, 11) is 2.00. The average molecular weight is 280 g/mol. The van der Waals surface area contributed by atoms with Gasteiger partial charge in [0.2, 0.25) is 0 Å². The molecule has 1 heterocycles. The van der Waals surface area contributed by atoms with Crippen LogP contribution >= 0.6 is 0 Å². The molecule has 0 bridgehead atoms. The molecule has 1 saturated heterocycles. The highest BCUT2D eigenvalue weighted by Crippen LogP contribution is 2.28. The van der Waals surface area contributed by atoms with Crippen molar-refractivity contribution in [2.45, 2.75) is 25.4 Å². The number of hydrogen-bond donors (Lipinski definition) is 1. The van der Waals surface area contributed by atoms with Gasteiger partial charge in [-0.1, -0.05) is 54.6 Å². The number of nitrogens with one attached hydrogen (secondary N) is 1. The van der Waals surface area contributed by atoms with Gasteiger partial charge in [0.25, 0.3) is 0 Å². The van der Waals surface area contributed by atoms with Gasteiger partial charge in [0.1, 0.15) is 0 Å². The van der Waals surface area contributed by atoms with E-state index in [0.717, 1.165) is 13.1 Å². The first-order valence-corrected chi connectivity index (χ1v) is 7.85. The van der Waals surface area contributed by atoms with Gasteiger partial charge < -0.3 is 5.32 Å². The van der Waals surface area contributed by atoms with Crippen LogP contribution in [-0.2, 0) is 13.1 Å². The van der Waals surface area contributed by atoms with E-state index in [4.69, 9.17) is 0 Å². The van der Waals surface area contributed by atoms with Crippen LogP contribution in [0.15, 0.2) is 54.6 Å². The highest BCUT2D eigenvalue weighted by Gasteiger charge is 2.23. The number of benzene rings is 2. The summed E-state index contributed by atoms with van der Waals surface area (Å²) in [6.07, 6.45) is 1.27. The lowest BCUT2D eigenvalue weighted by molar-refractivity contribution is 0.327. The van der Waals surface area contributed by atoms with E-state index in [2.05, 4.69) is 64.8 Å². The summed E-state index contributed by atoms with van der Waals surface area (Å²) >= 11 is 0. The molecule has 1 unspecified atom stereocenters. The van der Waals surface area contributed by atoms with E-state index < -0.39 is 0 Å². The third-order valence-corrected chi connectivity index (χ3v) is 4.32. The molecule has 1 N–H and O–H groups in total. The summed E-state index contributed by atoms with van der Waals surface area (Å²) in [6.45, 7) is 4.41. The maximum absolute atomic E-state index is 3.23. The van der Waals surface area contributed by atoms with Crippen LogP contribution in [0, 0.1) is 0 Å². The Bertz CT molecular complexity index is 565. The minimum absolute atomic E-state index is 0.686. The van der Waals surface area contributed by atoms with Crippen LogP contribution in [0.3, 0.4) is 0 Å². The van der Waals surface area contributed by atoms with Crippen LogP contribution in [0.4, 0.5) is 0 Å². The zero-order valence-electron chi connectivity index (χ0n) is 12.8. The van der Waals surface area contributed by atoms with Crippen LogP contribution in [0.2, 0.25) is 0 Å². The third-order valence-electron chi connectivity index (χ3n) is 4.32. The molecule has 0 spiro atoms. The number of likely N-dealkylation sites (tertiary alicyclic amines) is 1. The largest absolute Gasteiger partial charge is 0.316 e. The topological polar surface area (TPSA) is 15.3 Å². The van der Waals surface area contributed by atoms with Gasteiger partial charge >= 0.3 is 0 Å². The second kappa shape index (κ2) is 6.88. The fraction of sp³-hybridized carbons (Fsp3) is 0.368. The van der Waals surface area contributed by atoms with Gasteiger partial charge in [0, 0.05) is 19.6 Å². The first-order chi connectivity index (χ1) is 10.3. The molecule has 3 rings (SSSR count). The summed E-state index contributed by atoms with van der Waals surface area (Å²) in [5.41, 5.74) is 4.30. The van der Waals surface area contributed by atoms with Crippen LogP contribution in [-0.4, -0.2) is 25.0 Å². The Morgan fingerprint density at radius 1 is 1.05 bits per heavy atom. The summed E-state index contributed by atoms with van der Waals surface area (Å²) < 4.78 is 0. The van der Waals surface area contributed by atoms with Crippen LogP contribution in [0.25, 0.3) is 0 Å². The van der Waals surface area contributed by atoms with E-state index in [1.807, 2.05) is 7.05 Å². The van der Waals surface area contributed by atoms with Crippen molar-refractivity contribution in [1.29, 1.82) is 0 Å². The number of nitrogens with zero attached hydrogens (tertiary/aromatic N) is 1. The summed E-state index contributed by atoms with van der Waals surface area (Å²) in [4.78, 5) is 2.57. The summed E-state index contributed by atoms with van der Waals surface area (Å²) in [5.74, 6) is 0.686. The van der Waals surface area contributed by atoms with Gasteiger partial charge in [0.15, 0.2) is 0 Å². The highest BCUT2D eigenvalue weighted by atomic mass is 15.1. The van der Waals surface area contributed by atoms with Gasteiger partial charge in [-0.25, -0.2) is 0 Å². The number of hydrogen-bond acceptors (Lipinski definition) is 2. The van der Waals surface area contributed by atoms with Gasteiger partial charge in [-0.15, -0.1) is 0 Å². The van der Waals surface area contributed by atoms with E-state index in [1.165, 1.54) is 36.2 Å². The predicted molar refractivity (Wildman–Crippen MR) is 88.3 cm³/mol. The maximum atomic E-state index is 3.23.